The van der Waals surface area contributed by atoms with E-state index in [9.17, 15) is 0 Å². The van der Waals surface area contributed by atoms with Gasteiger partial charge in [-0.2, -0.15) is 0 Å². The molecule has 4 heteroatoms. The van der Waals surface area contributed by atoms with Crippen LogP contribution in [0.1, 0.15) is 0 Å². The molecule has 5 heavy (non-hydrogen) atoms. The molecule has 0 fully saturated rings. The summed E-state index contributed by atoms with van der Waals surface area (Å²) in [6, 6.07) is 0. The van der Waals surface area contributed by atoms with Crippen LogP contribution in [0.15, 0.2) is 0 Å². The van der Waals surface area contributed by atoms with Crippen LogP contribution in [0.5, 0.6) is 0 Å². The monoisotopic (exact) mass is 69.0 g/mol. The molecule has 0 spiro atoms. The third kappa shape index (κ3) is 4.05. The third-order valence-corrected chi connectivity index (χ3v) is 0.171. The minimum absolute atomic E-state index is 0.128. The summed E-state index contributed by atoms with van der Waals surface area (Å²) in [5.41, 5.74) is 0. The lowest BCUT2D eigenvalue weighted by Gasteiger charge is -1.81. The third-order valence-electron chi connectivity index (χ3n) is 0.171. The van der Waals surface area contributed by atoms with Gasteiger partial charge in [0.1, 0.15) is 0 Å². The molecule has 0 amide bonds. The summed E-state index contributed by atoms with van der Waals surface area (Å²) in [5.74, 6) is 0. The normalized spacial score (nSPS) is 7.40. The molecule has 25 valence electrons. The average molecular weight is 68.7 g/mol. The van der Waals surface area contributed by atoms with E-state index >= 15 is 0 Å². The molecule has 0 saturated heterocycles. The molecule has 1 N–H and O–H groups in total. The molecule has 0 aromatic rings. The smallest absolute Gasteiger partial charge is 0.301 e. The molecule has 0 aromatic carbocycles. The van der Waals surface area contributed by atoms with E-state index in [0.29, 0.717) is 0 Å². The van der Waals surface area contributed by atoms with E-state index in [1.807, 2.05) is 0 Å². The Morgan fingerprint density at radius 3 is 2.60 bits per heavy atom. The summed E-state index contributed by atoms with van der Waals surface area (Å²) in [5, 5.41) is 7.81. The Hall–Kier alpha value is 0.0499. The predicted molar refractivity (Wildman–Crippen MR) is 19.7 cm³/mol. The highest BCUT2D eigenvalue weighted by molar-refractivity contribution is 6.33. The van der Waals surface area contributed by atoms with Gasteiger partial charge in [-0.1, -0.05) is 0 Å². The van der Waals surface area contributed by atoms with Crippen LogP contribution in [0, 0.1) is 0 Å². The van der Waals surface area contributed by atoms with Crippen molar-refractivity contribution in [3.8, 4) is 0 Å². The van der Waals surface area contributed by atoms with E-state index < -0.39 is 0 Å². The fourth-order valence-electron chi connectivity index (χ4n) is 0.0430. The minimum atomic E-state index is -0.128. The summed E-state index contributed by atoms with van der Waals surface area (Å²) in [7, 11) is 5.51. The molecular formula is CH3B2O2. The van der Waals surface area contributed by atoms with Crippen LogP contribution in [0.2, 0.25) is 0 Å². The number of aliphatic hydroxyl groups is 1. The molecule has 0 rings (SSSR count). The fraction of sp³-hybridized carbons (Fsp3) is 1.00. The highest BCUT2D eigenvalue weighted by Gasteiger charge is 1.75. The van der Waals surface area contributed by atoms with Crippen molar-refractivity contribution in [3.05, 3.63) is 0 Å². The summed E-state index contributed by atoms with van der Waals surface area (Å²) < 4.78 is 3.82. The quantitative estimate of drug-likeness (QED) is 0.406. The SMILES string of the molecule is [B]O[B]CO. The van der Waals surface area contributed by atoms with Gasteiger partial charge in [-0.15, -0.1) is 0 Å². The van der Waals surface area contributed by atoms with E-state index in [1.54, 1.807) is 0 Å². The van der Waals surface area contributed by atoms with E-state index in [2.05, 4.69) is 12.6 Å². The van der Waals surface area contributed by atoms with Crippen LogP contribution in [-0.2, 0) is 4.57 Å². The number of aliphatic hydroxyl groups excluding tert-OH is 1. The first-order valence-corrected chi connectivity index (χ1v) is 1.20. The van der Waals surface area contributed by atoms with Gasteiger partial charge < -0.3 is 9.68 Å². The molecule has 2 nitrogen and oxygen atoms in total. The van der Waals surface area contributed by atoms with Crippen molar-refractivity contribution < 1.29 is 9.68 Å². The zero-order valence-corrected chi connectivity index (χ0v) is 2.72. The molecule has 0 aliphatic carbocycles. The van der Waals surface area contributed by atoms with Crippen molar-refractivity contribution in [2.24, 2.45) is 0 Å². The van der Waals surface area contributed by atoms with Crippen LogP contribution >= 0.6 is 0 Å². The van der Waals surface area contributed by atoms with Gasteiger partial charge in [0.05, 0.1) is 0 Å². The van der Waals surface area contributed by atoms with E-state index in [-0.39, 0.29) is 6.51 Å². The lowest BCUT2D eigenvalue weighted by Crippen LogP contribution is -1.99. The van der Waals surface area contributed by atoms with Gasteiger partial charge in [0, 0.05) is 6.51 Å². The van der Waals surface area contributed by atoms with Crippen molar-refractivity contribution >= 4 is 15.5 Å². The minimum Gasteiger partial charge on any atom is -0.509 e. The lowest BCUT2D eigenvalue weighted by atomic mass is 10.0. The highest BCUT2D eigenvalue weighted by atomic mass is 16.4. The van der Waals surface area contributed by atoms with Gasteiger partial charge in [0.15, 0.2) is 0 Å². The topological polar surface area (TPSA) is 29.5 Å². The molecule has 0 saturated carbocycles. The van der Waals surface area contributed by atoms with Gasteiger partial charge in [0.25, 0.3) is 8.05 Å². The summed E-state index contributed by atoms with van der Waals surface area (Å²) in [6.45, 7) is -0.128. The average Bonchev–Trinajstić information content (AvgIpc) is 1.41. The lowest BCUT2D eigenvalue weighted by molar-refractivity contribution is 0.352. The van der Waals surface area contributed by atoms with Crippen molar-refractivity contribution in [1.29, 1.82) is 0 Å². The summed E-state index contributed by atoms with van der Waals surface area (Å²) in [6.07, 6.45) is 0. The second-order valence-corrected chi connectivity index (χ2v) is 0.485. The Labute approximate surface area is 32.9 Å². The molecule has 0 atom stereocenters. The Bertz CT molecular complexity index is 15.1. The van der Waals surface area contributed by atoms with Gasteiger partial charge >= 0.3 is 7.48 Å². The van der Waals surface area contributed by atoms with Gasteiger partial charge in [0.2, 0.25) is 0 Å². The first-order chi connectivity index (χ1) is 2.41. The van der Waals surface area contributed by atoms with Gasteiger partial charge in [-0.05, 0) is 0 Å². The Balaban J connectivity index is 2.19. The van der Waals surface area contributed by atoms with Crippen molar-refractivity contribution in [2.75, 3.05) is 6.51 Å². The van der Waals surface area contributed by atoms with Gasteiger partial charge in [-0.3, -0.25) is 0 Å². The molecular weight excluding hydrogens is 65.6 g/mol. The first-order valence-electron chi connectivity index (χ1n) is 1.20. The summed E-state index contributed by atoms with van der Waals surface area (Å²) >= 11 is 0. The van der Waals surface area contributed by atoms with E-state index in [4.69, 9.17) is 5.11 Å². The molecule has 0 bridgehead atoms. The summed E-state index contributed by atoms with van der Waals surface area (Å²) in [4.78, 5) is 0. The molecule has 0 aromatic heterocycles. The maximum absolute atomic E-state index is 7.81. The zero-order chi connectivity index (χ0) is 4.12. The van der Waals surface area contributed by atoms with Gasteiger partial charge in [-0.25, -0.2) is 0 Å². The van der Waals surface area contributed by atoms with Crippen LogP contribution in [-0.4, -0.2) is 27.1 Å². The number of hydrogen-bond donors (Lipinski definition) is 1. The molecule has 0 aliphatic heterocycles. The Kier molecular flexibility index (Phi) is 4.09. The standard InChI is InChI=1S/CH3B2O2/c2-5-3-1-4/h4H,1H2. The maximum Gasteiger partial charge on any atom is 0.301 e. The molecule has 0 unspecified atom stereocenters. The largest absolute Gasteiger partial charge is 0.509 e. The van der Waals surface area contributed by atoms with E-state index in [1.165, 1.54) is 0 Å². The van der Waals surface area contributed by atoms with Crippen LogP contribution in [0.4, 0.5) is 0 Å². The van der Waals surface area contributed by atoms with E-state index in [0.717, 1.165) is 7.48 Å². The second kappa shape index (κ2) is 4.05. The van der Waals surface area contributed by atoms with Crippen LogP contribution in [0.3, 0.4) is 0 Å². The van der Waals surface area contributed by atoms with Crippen LogP contribution < -0.4 is 0 Å². The van der Waals surface area contributed by atoms with Crippen molar-refractivity contribution in [1.82, 2.24) is 0 Å². The van der Waals surface area contributed by atoms with Crippen molar-refractivity contribution in [2.45, 2.75) is 0 Å². The number of rotatable bonds is 2. The first kappa shape index (κ1) is 5.05. The van der Waals surface area contributed by atoms with Crippen LogP contribution in [0.25, 0.3) is 0 Å². The maximum atomic E-state index is 7.81. The predicted octanol–water partition coefficient (Wildman–Crippen LogP) is -1.34. The molecule has 0 heterocycles. The molecule has 3 radical (unpaired) electrons. The zero-order valence-electron chi connectivity index (χ0n) is 2.72. The highest BCUT2D eigenvalue weighted by Crippen LogP contribution is 1.49. The Morgan fingerprint density at radius 1 is 2.00 bits per heavy atom. The number of hydrogen-bond acceptors (Lipinski definition) is 2. The fourth-order valence-corrected chi connectivity index (χ4v) is 0.0430. The van der Waals surface area contributed by atoms with Crippen molar-refractivity contribution in [3.63, 3.8) is 0 Å². The Morgan fingerprint density at radius 2 is 2.60 bits per heavy atom. The molecule has 0 aliphatic rings. The second-order valence-electron chi connectivity index (χ2n) is 0.485.